The molecule has 0 spiro atoms. The highest BCUT2D eigenvalue weighted by Crippen LogP contribution is 2.23. The van der Waals surface area contributed by atoms with Crippen molar-refractivity contribution < 1.29 is 15.0 Å². The molecular formula is C17H21N3O3. The fourth-order valence-electron chi connectivity index (χ4n) is 2.74. The van der Waals surface area contributed by atoms with Crippen molar-refractivity contribution >= 4 is 5.91 Å². The van der Waals surface area contributed by atoms with Crippen molar-refractivity contribution in [3.05, 3.63) is 41.7 Å². The minimum Gasteiger partial charge on any atom is -0.504 e. The normalized spacial score (nSPS) is 17.9. The highest BCUT2D eigenvalue weighted by Gasteiger charge is 2.29. The van der Waals surface area contributed by atoms with E-state index in [9.17, 15) is 15.0 Å². The first-order chi connectivity index (χ1) is 11.0. The zero-order valence-electron chi connectivity index (χ0n) is 13.3. The highest BCUT2D eigenvalue weighted by molar-refractivity contribution is 5.95. The lowest BCUT2D eigenvalue weighted by atomic mass is 10.0. The number of carbonyl (C=O) groups is 1. The summed E-state index contributed by atoms with van der Waals surface area (Å²) in [5, 5.41) is 23.8. The average molecular weight is 315 g/mol. The van der Waals surface area contributed by atoms with Gasteiger partial charge in [-0.25, -0.2) is 4.68 Å². The van der Waals surface area contributed by atoms with E-state index in [0.29, 0.717) is 18.9 Å². The van der Waals surface area contributed by atoms with E-state index in [0.717, 1.165) is 5.69 Å². The number of hydrogen-bond acceptors (Lipinski definition) is 4. The van der Waals surface area contributed by atoms with Crippen LogP contribution in [0.25, 0.3) is 5.69 Å². The Balaban J connectivity index is 1.84. The highest BCUT2D eigenvalue weighted by atomic mass is 16.3. The van der Waals surface area contributed by atoms with Crippen molar-refractivity contribution in [1.82, 2.24) is 14.7 Å². The maximum absolute atomic E-state index is 12.4. The lowest BCUT2D eigenvalue weighted by Crippen LogP contribution is -2.30. The zero-order valence-corrected chi connectivity index (χ0v) is 13.3. The van der Waals surface area contributed by atoms with Crippen molar-refractivity contribution in [3.63, 3.8) is 0 Å². The van der Waals surface area contributed by atoms with Crippen LogP contribution in [-0.4, -0.2) is 50.0 Å². The minimum absolute atomic E-state index is 0.0204. The molecule has 1 atom stereocenters. The van der Waals surface area contributed by atoms with Gasteiger partial charge in [0.2, 0.25) is 0 Å². The molecule has 6 heteroatoms. The lowest BCUT2D eigenvalue weighted by Gasteiger charge is -2.13. The molecule has 1 aromatic carbocycles. The maximum Gasteiger partial charge on any atom is 0.278 e. The Kier molecular flexibility index (Phi) is 4.09. The van der Waals surface area contributed by atoms with Crippen LogP contribution in [0.2, 0.25) is 0 Å². The first-order valence-corrected chi connectivity index (χ1v) is 7.82. The van der Waals surface area contributed by atoms with Crippen molar-refractivity contribution in [3.8, 4) is 11.4 Å². The number of aromatic nitrogens is 2. The van der Waals surface area contributed by atoms with Gasteiger partial charge in [-0.3, -0.25) is 4.79 Å². The molecule has 23 heavy (non-hydrogen) atoms. The Morgan fingerprint density at radius 3 is 2.57 bits per heavy atom. The second kappa shape index (κ2) is 6.04. The number of likely N-dealkylation sites (tertiary alicyclic amines) is 1. The molecular weight excluding hydrogens is 294 g/mol. The van der Waals surface area contributed by atoms with E-state index < -0.39 is 6.10 Å². The molecule has 2 aromatic rings. The van der Waals surface area contributed by atoms with Gasteiger partial charge in [-0.1, -0.05) is 26.0 Å². The second-order valence-corrected chi connectivity index (χ2v) is 6.25. The third-order valence-corrected chi connectivity index (χ3v) is 4.17. The molecule has 1 saturated heterocycles. The molecule has 0 radical (unpaired) electrons. The summed E-state index contributed by atoms with van der Waals surface area (Å²) >= 11 is 0. The van der Waals surface area contributed by atoms with Gasteiger partial charge < -0.3 is 15.1 Å². The Morgan fingerprint density at radius 1 is 1.30 bits per heavy atom. The number of benzene rings is 1. The number of amides is 1. The van der Waals surface area contributed by atoms with Gasteiger partial charge in [0.15, 0.2) is 11.4 Å². The summed E-state index contributed by atoms with van der Waals surface area (Å²) in [6.45, 7) is 5.01. The number of aliphatic hydroxyl groups is 1. The average Bonchev–Trinajstić information content (AvgIpc) is 3.13. The lowest BCUT2D eigenvalue weighted by molar-refractivity contribution is 0.0756. The first-order valence-electron chi connectivity index (χ1n) is 7.82. The van der Waals surface area contributed by atoms with Crippen LogP contribution >= 0.6 is 0 Å². The predicted molar refractivity (Wildman–Crippen MR) is 85.8 cm³/mol. The SMILES string of the molecule is CC(C)c1ccc(-n2cc(O)c(C(=O)N3CC[C@@H](O)C3)n2)cc1. The standard InChI is InChI=1S/C17H21N3O3/c1-11(2)12-3-5-13(6-4-12)20-10-15(22)16(18-20)17(23)19-8-7-14(21)9-19/h3-6,10-11,14,21-22H,7-9H2,1-2H3/t14-/m1/s1. The molecule has 1 aromatic heterocycles. The maximum atomic E-state index is 12.4. The monoisotopic (exact) mass is 315 g/mol. The van der Waals surface area contributed by atoms with Crippen LogP contribution in [0, 0.1) is 0 Å². The molecule has 0 unspecified atom stereocenters. The van der Waals surface area contributed by atoms with E-state index in [2.05, 4.69) is 18.9 Å². The van der Waals surface area contributed by atoms with E-state index in [1.165, 1.54) is 21.3 Å². The number of aromatic hydroxyl groups is 1. The molecule has 0 saturated carbocycles. The Labute approximate surface area is 135 Å². The number of rotatable bonds is 3. The second-order valence-electron chi connectivity index (χ2n) is 6.25. The first kappa shape index (κ1) is 15.6. The van der Waals surface area contributed by atoms with E-state index in [1.807, 2.05) is 24.3 Å². The zero-order chi connectivity index (χ0) is 16.6. The van der Waals surface area contributed by atoms with Crippen LogP contribution in [0.1, 0.15) is 42.2 Å². The summed E-state index contributed by atoms with van der Waals surface area (Å²) in [7, 11) is 0. The summed E-state index contributed by atoms with van der Waals surface area (Å²) in [4.78, 5) is 13.9. The van der Waals surface area contributed by atoms with Crippen LogP contribution in [0.5, 0.6) is 5.75 Å². The molecule has 1 fully saturated rings. The fraction of sp³-hybridized carbons (Fsp3) is 0.412. The largest absolute Gasteiger partial charge is 0.504 e. The summed E-state index contributed by atoms with van der Waals surface area (Å²) in [6.07, 6.45) is 1.50. The predicted octanol–water partition coefficient (Wildman–Crippen LogP) is 1.91. The van der Waals surface area contributed by atoms with Gasteiger partial charge in [0.05, 0.1) is 18.0 Å². The third-order valence-electron chi connectivity index (χ3n) is 4.17. The molecule has 0 aliphatic carbocycles. The van der Waals surface area contributed by atoms with Crippen molar-refractivity contribution in [2.75, 3.05) is 13.1 Å². The van der Waals surface area contributed by atoms with Gasteiger partial charge in [0, 0.05) is 13.1 Å². The summed E-state index contributed by atoms with van der Waals surface area (Å²) in [5.41, 5.74) is 2.02. The Bertz CT molecular complexity index is 706. The van der Waals surface area contributed by atoms with Crippen molar-refractivity contribution in [2.24, 2.45) is 0 Å². The topological polar surface area (TPSA) is 78.6 Å². The number of hydrogen-bond donors (Lipinski definition) is 2. The molecule has 1 aliphatic rings. The van der Waals surface area contributed by atoms with E-state index in [1.54, 1.807) is 0 Å². The van der Waals surface area contributed by atoms with Gasteiger partial charge in [0.1, 0.15) is 0 Å². The Morgan fingerprint density at radius 2 is 2.00 bits per heavy atom. The van der Waals surface area contributed by atoms with Gasteiger partial charge >= 0.3 is 0 Å². The number of carbonyl (C=O) groups excluding carboxylic acids is 1. The number of β-amino-alcohol motifs (C(OH)–C–C–N with tert-alkyl or cyclic N) is 1. The van der Waals surface area contributed by atoms with Gasteiger partial charge in [-0.15, -0.1) is 0 Å². The quantitative estimate of drug-likeness (QED) is 0.907. The fourth-order valence-corrected chi connectivity index (χ4v) is 2.74. The molecule has 1 amide bonds. The van der Waals surface area contributed by atoms with E-state index in [-0.39, 0.29) is 23.9 Å². The van der Waals surface area contributed by atoms with Gasteiger partial charge in [0.25, 0.3) is 5.91 Å². The number of nitrogens with zero attached hydrogens (tertiary/aromatic N) is 3. The molecule has 2 N–H and O–H groups in total. The molecule has 0 bridgehead atoms. The molecule has 2 heterocycles. The summed E-state index contributed by atoms with van der Waals surface area (Å²) < 4.78 is 1.50. The smallest absolute Gasteiger partial charge is 0.278 e. The van der Waals surface area contributed by atoms with Crippen LogP contribution < -0.4 is 0 Å². The molecule has 3 rings (SSSR count). The van der Waals surface area contributed by atoms with Crippen LogP contribution in [0.4, 0.5) is 0 Å². The minimum atomic E-state index is -0.494. The molecule has 1 aliphatic heterocycles. The number of aliphatic hydroxyl groups excluding tert-OH is 1. The van der Waals surface area contributed by atoms with Crippen molar-refractivity contribution in [2.45, 2.75) is 32.3 Å². The third kappa shape index (κ3) is 3.07. The summed E-state index contributed by atoms with van der Waals surface area (Å²) in [6, 6.07) is 7.85. The van der Waals surface area contributed by atoms with Crippen LogP contribution in [0.3, 0.4) is 0 Å². The Hall–Kier alpha value is -2.34. The van der Waals surface area contributed by atoms with Gasteiger partial charge in [-0.05, 0) is 30.0 Å². The van der Waals surface area contributed by atoms with Crippen molar-refractivity contribution in [1.29, 1.82) is 0 Å². The van der Waals surface area contributed by atoms with E-state index >= 15 is 0 Å². The molecule has 6 nitrogen and oxygen atoms in total. The summed E-state index contributed by atoms with van der Waals surface area (Å²) in [5.74, 6) is -0.0604. The van der Waals surface area contributed by atoms with Gasteiger partial charge in [-0.2, -0.15) is 5.10 Å². The van der Waals surface area contributed by atoms with Crippen LogP contribution in [0.15, 0.2) is 30.5 Å². The van der Waals surface area contributed by atoms with E-state index in [4.69, 9.17) is 0 Å². The van der Waals surface area contributed by atoms with Crippen LogP contribution in [-0.2, 0) is 0 Å². The molecule has 122 valence electrons.